The first kappa shape index (κ1) is 20.9. The van der Waals surface area contributed by atoms with Gasteiger partial charge in [-0.05, 0) is 66.4 Å². The molecule has 3 aromatic rings. The molecule has 0 saturated carbocycles. The van der Waals surface area contributed by atoms with Crippen LogP contribution in [0.2, 0.25) is 5.02 Å². The summed E-state index contributed by atoms with van der Waals surface area (Å²) < 4.78 is 12.1. The summed E-state index contributed by atoms with van der Waals surface area (Å²) in [7, 11) is 0. The molecule has 0 N–H and O–H groups in total. The van der Waals surface area contributed by atoms with Crippen molar-refractivity contribution in [2.75, 3.05) is 6.61 Å². The Morgan fingerprint density at radius 3 is 2.50 bits per heavy atom. The van der Waals surface area contributed by atoms with Crippen LogP contribution in [0.3, 0.4) is 0 Å². The molecule has 2 aliphatic heterocycles. The Hall–Kier alpha value is -2.98. The third-order valence-electron chi connectivity index (χ3n) is 6.14. The molecule has 5 rings (SSSR count). The molecule has 0 unspecified atom stereocenters. The van der Waals surface area contributed by atoms with Gasteiger partial charge < -0.3 is 9.47 Å². The average Bonchev–Trinajstić information content (AvgIpc) is 3.25. The summed E-state index contributed by atoms with van der Waals surface area (Å²) in [4.78, 5) is 0. The predicted molar refractivity (Wildman–Crippen MR) is 129 cm³/mol. The molecule has 2 heterocycles. The van der Waals surface area contributed by atoms with Gasteiger partial charge in [0.25, 0.3) is 0 Å². The van der Waals surface area contributed by atoms with Gasteiger partial charge in [0, 0.05) is 22.6 Å². The van der Waals surface area contributed by atoms with Crippen molar-refractivity contribution in [3.05, 3.63) is 94.0 Å². The van der Waals surface area contributed by atoms with Crippen molar-refractivity contribution < 1.29 is 9.47 Å². The van der Waals surface area contributed by atoms with Gasteiger partial charge in [0.15, 0.2) is 0 Å². The van der Waals surface area contributed by atoms with Crippen LogP contribution in [-0.2, 0) is 0 Å². The van der Waals surface area contributed by atoms with Crippen LogP contribution in [0.5, 0.6) is 11.5 Å². The number of hydrogen-bond donors (Lipinski definition) is 0. The van der Waals surface area contributed by atoms with Gasteiger partial charge in [-0.15, -0.1) is 0 Å². The summed E-state index contributed by atoms with van der Waals surface area (Å²) in [5, 5.41) is 7.84. The van der Waals surface area contributed by atoms with E-state index in [1.54, 1.807) is 0 Å². The maximum atomic E-state index is 6.46. The Kier molecular flexibility index (Phi) is 5.56. The zero-order valence-electron chi connectivity index (χ0n) is 18.6. The summed E-state index contributed by atoms with van der Waals surface area (Å²) in [5.74, 6) is 2.23. The molecule has 0 aliphatic carbocycles. The fourth-order valence-corrected chi connectivity index (χ4v) is 4.59. The third kappa shape index (κ3) is 3.84. The van der Waals surface area contributed by atoms with Crippen molar-refractivity contribution in [3.8, 4) is 11.5 Å². The first-order valence-electron chi connectivity index (χ1n) is 11.2. The van der Waals surface area contributed by atoms with Crippen LogP contribution in [0.4, 0.5) is 0 Å². The van der Waals surface area contributed by atoms with Crippen LogP contribution in [0, 0.1) is 0 Å². The number of benzene rings is 3. The van der Waals surface area contributed by atoms with Gasteiger partial charge >= 0.3 is 0 Å². The quantitative estimate of drug-likeness (QED) is 0.419. The highest BCUT2D eigenvalue weighted by molar-refractivity contribution is 6.30. The summed E-state index contributed by atoms with van der Waals surface area (Å²) in [6.07, 6.45) is 0.515. The smallest absolute Gasteiger partial charge is 0.213 e. The second-order valence-corrected chi connectivity index (χ2v) is 9.01. The molecular weight excluding hydrogens is 420 g/mol. The Labute approximate surface area is 194 Å². The number of ether oxygens (including phenoxy) is 2. The van der Waals surface area contributed by atoms with Crippen LogP contribution < -0.4 is 9.47 Å². The van der Waals surface area contributed by atoms with Crippen LogP contribution in [0.1, 0.15) is 67.6 Å². The third-order valence-corrected chi connectivity index (χ3v) is 6.37. The van der Waals surface area contributed by atoms with Crippen molar-refractivity contribution in [1.29, 1.82) is 0 Å². The van der Waals surface area contributed by atoms with Gasteiger partial charge in [-0.1, -0.05) is 49.7 Å². The van der Waals surface area contributed by atoms with E-state index in [0.717, 1.165) is 40.3 Å². The molecule has 4 nitrogen and oxygen atoms in total. The lowest BCUT2D eigenvalue weighted by Crippen LogP contribution is -2.33. The summed E-state index contributed by atoms with van der Waals surface area (Å²) >= 11 is 6.34. The van der Waals surface area contributed by atoms with E-state index in [2.05, 4.69) is 55.3 Å². The highest BCUT2D eigenvalue weighted by Crippen LogP contribution is 2.48. The Balaban J connectivity index is 1.52. The molecule has 2 atom stereocenters. The van der Waals surface area contributed by atoms with Crippen LogP contribution in [0.15, 0.2) is 71.8 Å². The van der Waals surface area contributed by atoms with E-state index in [4.69, 9.17) is 26.2 Å². The lowest BCUT2D eigenvalue weighted by Gasteiger charge is -2.38. The molecule has 2 aliphatic rings. The SMILES string of the molecule is CCOc1ccc(C2=NN3[C@@H](c4ccc(C(C)C)cc4)Oc4ccc(Cl)cc4[C@@H]3C2)cc1. The molecule has 32 heavy (non-hydrogen) atoms. The molecule has 0 saturated heterocycles. The van der Waals surface area contributed by atoms with Gasteiger partial charge in [-0.25, -0.2) is 5.01 Å². The molecule has 0 bridgehead atoms. The number of hydrazone groups is 1. The predicted octanol–water partition coefficient (Wildman–Crippen LogP) is 7.10. The Morgan fingerprint density at radius 2 is 1.81 bits per heavy atom. The van der Waals surface area contributed by atoms with Crippen molar-refractivity contribution in [2.24, 2.45) is 5.10 Å². The van der Waals surface area contributed by atoms with Gasteiger partial charge in [-0.2, -0.15) is 5.10 Å². The molecule has 5 heteroatoms. The van der Waals surface area contributed by atoms with Crippen LogP contribution >= 0.6 is 11.6 Å². The Morgan fingerprint density at radius 1 is 1.06 bits per heavy atom. The molecule has 3 aromatic carbocycles. The van der Waals surface area contributed by atoms with Crippen LogP contribution in [-0.4, -0.2) is 17.3 Å². The summed E-state index contributed by atoms with van der Waals surface area (Å²) in [6, 6.07) is 22.8. The molecular formula is C27H27ClN2O2. The normalized spacial score (nSPS) is 19.3. The lowest BCUT2D eigenvalue weighted by atomic mass is 9.95. The number of halogens is 1. The Bertz CT molecular complexity index is 1140. The van der Waals surface area contributed by atoms with Crippen molar-refractivity contribution >= 4 is 17.3 Å². The van der Waals surface area contributed by atoms with Gasteiger partial charge in [0.1, 0.15) is 11.5 Å². The second kappa shape index (κ2) is 8.51. The standard InChI is InChI=1S/C27H27ClN2O2/c1-4-31-22-12-9-19(10-13-22)24-16-25-23-15-21(28)11-14-26(23)32-27(30(25)29-24)20-7-5-18(6-8-20)17(2)3/h5-15,17,25,27H,4,16H2,1-3H3/t25-,27+/m0/s1. The zero-order valence-corrected chi connectivity index (χ0v) is 19.3. The largest absolute Gasteiger partial charge is 0.494 e. The van der Waals surface area contributed by atoms with Gasteiger partial charge in [-0.3, -0.25) is 0 Å². The van der Waals surface area contributed by atoms with E-state index in [-0.39, 0.29) is 12.3 Å². The first-order chi connectivity index (χ1) is 15.5. The fourth-order valence-electron chi connectivity index (χ4n) is 4.41. The lowest BCUT2D eigenvalue weighted by molar-refractivity contribution is -0.0190. The second-order valence-electron chi connectivity index (χ2n) is 8.58. The maximum Gasteiger partial charge on any atom is 0.213 e. The minimum atomic E-state index is -0.282. The average molecular weight is 447 g/mol. The van der Waals surface area contributed by atoms with Crippen molar-refractivity contribution in [1.82, 2.24) is 5.01 Å². The molecule has 0 radical (unpaired) electrons. The molecule has 0 amide bonds. The number of hydrogen-bond acceptors (Lipinski definition) is 4. The fraction of sp³-hybridized carbons (Fsp3) is 0.296. The first-order valence-corrected chi connectivity index (χ1v) is 11.6. The van der Waals surface area contributed by atoms with E-state index in [1.165, 1.54) is 5.56 Å². The minimum absolute atomic E-state index is 0.0776. The highest BCUT2D eigenvalue weighted by Gasteiger charge is 2.41. The summed E-state index contributed by atoms with van der Waals surface area (Å²) in [5.41, 5.74) is 5.63. The van der Waals surface area contributed by atoms with E-state index < -0.39 is 0 Å². The topological polar surface area (TPSA) is 34.1 Å². The van der Waals surface area contributed by atoms with Crippen molar-refractivity contribution in [2.45, 2.75) is 45.4 Å². The van der Waals surface area contributed by atoms with E-state index in [1.807, 2.05) is 37.3 Å². The van der Waals surface area contributed by atoms with E-state index in [9.17, 15) is 0 Å². The molecule has 0 aromatic heterocycles. The highest BCUT2D eigenvalue weighted by atomic mass is 35.5. The number of nitrogens with zero attached hydrogens (tertiary/aromatic N) is 2. The van der Waals surface area contributed by atoms with E-state index >= 15 is 0 Å². The summed E-state index contributed by atoms with van der Waals surface area (Å²) in [6.45, 7) is 7.05. The number of rotatable bonds is 5. The van der Waals surface area contributed by atoms with Crippen LogP contribution in [0.25, 0.3) is 0 Å². The van der Waals surface area contributed by atoms with Gasteiger partial charge in [0.2, 0.25) is 6.23 Å². The number of fused-ring (bicyclic) bond motifs is 3. The maximum absolute atomic E-state index is 6.46. The molecule has 164 valence electrons. The molecule has 0 fully saturated rings. The van der Waals surface area contributed by atoms with Crippen molar-refractivity contribution in [3.63, 3.8) is 0 Å². The zero-order chi connectivity index (χ0) is 22.2. The molecule has 0 spiro atoms. The van der Waals surface area contributed by atoms with E-state index in [0.29, 0.717) is 17.5 Å². The monoisotopic (exact) mass is 446 g/mol. The minimum Gasteiger partial charge on any atom is -0.494 e. The van der Waals surface area contributed by atoms with Gasteiger partial charge in [0.05, 0.1) is 18.4 Å².